The SMILES string of the molecule is CCN(CC)C[C@H]1CN(S(=O)(=O)c2cn(C)cn2)Cc2ccnn21. The van der Waals surface area contributed by atoms with E-state index in [0.29, 0.717) is 13.1 Å². The molecule has 3 heterocycles. The third kappa shape index (κ3) is 3.11. The van der Waals surface area contributed by atoms with Gasteiger partial charge in [-0.25, -0.2) is 13.4 Å². The highest BCUT2D eigenvalue weighted by Gasteiger charge is 2.35. The van der Waals surface area contributed by atoms with Crippen LogP contribution in [0, 0.1) is 0 Å². The number of imidazole rings is 1. The quantitative estimate of drug-likeness (QED) is 0.765. The lowest BCUT2D eigenvalue weighted by Gasteiger charge is -2.35. The van der Waals surface area contributed by atoms with Crippen molar-refractivity contribution in [3.8, 4) is 0 Å². The molecule has 2 aromatic rings. The number of likely N-dealkylation sites (N-methyl/N-ethyl adjacent to an activating group) is 1. The summed E-state index contributed by atoms with van der Waals surface area (Å²) >= 11 is 0. The average Bonchev–Trinajstić information content (AvgIpc) is 3.21. The lowest BCUT2D eigenvalue weighted by molar-refractivity contribution is 0.190. The van der Waals surface area contributed by atoms with Gasteiger partial charge in [-0.2, -0.15) is 9.40 Å². The van der Waals surface area contributed by atoms with Crippen molar-refractivity contribution < 1.29 is 8.42 Å². The minimum atomic E-state index is -3.60. The molecule has 1 aliphatic rings. The molecule has 24 heavy (non-hydrogen) atoms. The molecule has 2 aromatic heterocycles. The number of fused-ring (bicyclic) bond motifs is 1. The molecule has 3 rings (SSSR count). The van der Waals surface area contributed by atoms with E-state index in [9.17, 15) is 8.42 Å². The van der Waals surface area contributed by atoms with Crippen LogP contribution in [-0.2, 0) is 23.6 Å². The fourth-order valence-electron chi connectivity index (χ4n) is 3.11. The first-order chi connectivity index (χ1) is 11.5. The molecule has 0 radical (unpaired) electrons. The van der Waals surface area contributed by atoms with Crippen LogP contribution in [0.4, 0.5) is 0 Å². The largest absolute Gasteiger partial charge is 0.339 e. The highest BCUT2D eigenvalue weighted by molar-refractivity contribution is 7.89. The molecule has 0 aliphatic carbocycles. The minimum Gasteiger partial charge on any atom is -0.339 e. The highest BCUT2D eigenvalue weighted by atomic mass is 32.2. The summed E-state index contributed by atoms with van der Waals surface area (Å²) in [6, 6.07) is 1.89. The van der Waals surface area contributed by atoms with Crippen LogP contribution in [0.1, 0.15) is 25.6 Å². The van der Waals surface area contributed by atoms with Gasteiger partial charge in [0.1, 0.15) is 0 Å². The van der Waals surface area contributed by atoms with E-state index in [1.807, 2.05) is 10.7 Å². The number of rotatable bonds is 6. The number of hydrogen-bond acceptors (Lipinski definition) is 5. The van der Waals surface area contributed by atoms with Crippen molar-refractivity contribution in [3.05, 3.63) is 30.5 Å². The van der Waals surface area contributed by atoms with Gasteiger partial charge in [0.15, 0.2) is 5.03 Å². The normalized spacial score (nSPS) is 18.9. The lowest BCUT2D eigenvalue weighted by atomic mass is 10.2. The second kappa shape index (κ2) is 6.66. The fourth-order valence-corrected chi connectivity index (χ4v) is 4.52. The van der Waals surface area contributed by atoms with E-state index < -0.39 is 10.0 Å². The number of sulfonamides is 1. The van der Waals surface area contributed by atoms with Gasteiger partial charge in [0.2, 0.25) is 0 Å². The molecule has 132 valence electrons. The molecule has 0 spiro atoms. The van der Waals surface area contributed by atoms with E-state index in [2.05, 4.69) is 28.8 Å². The first-order valence-corrected chi connectivity index (χ1v) is 9.62. The number of hydrogen-bond donors (Lipinski definition) is 0. The monoisotopic (exact) mass is 352 g/mol. The molecule has 8 nitrogen and oxygen atoms in total. The number of nitrogens with zero attached hydrogens (tertiary/aromatic N) is 6. The molecule has 0 saturated carbocycles. The maximum absolute atomic E-state index is 12.9. The van der Waals surface area contributed by atoms with Gasteiger partial charge in [0, 0.05) is 32.5 Å². The summed E-state index contributed by atoms with van der Waals surface area (Å²) in [5, 5.41) is 4.50. The van der Waals surface area contributed by atoms with Crippen molar-refractivity contribution >= 4 is 10.0 Å². The summed E-state index contributed by atoms with van der Waals surface area (Å²) in [7, 11) is -1.84. The van der Waals surface area contributed by atoms with E-state index >= 15 is 0 Å². The first kappa shape index (κ1) is 17.1. The van der Waals surface area contributed by atoms with Crippen molar-refractivity contribution in [1.29, 1.82) is 0 Å². The summed E-state index contributed by atoms with van der Waals surface area (Å²) in [4.78, 5) is 6.31. The van der Waals surface area contributed by atoms with E-state index in [1.54, 1.807) is 24.0 Å². The van der Waals surface area contributed by atoms with E-state index in [-0.39, 0.29) is 11.1 Å². The van der Waals surface area contributed by atoms with Gasteiger partial charge in [-0.1, -0.05) is 13.8 Å². The van der Waals surface area contributed by atoms with Crippen LogP contribution in [0.25, 0.3) is 0 Å². The van der Waals surface area contributed by atoms with Crippen LogP contribution in [-0.4, -0.2) is 63.1 Å². The van der Waals surface area contributed by atoms with Crippen LogP contribution in [0.2, 0.25) is 0 Å². The Kier molecular flexibility index (Phi) is 4.75. The van der Waals surface area contributed by atoms with Crippen LogP contribution >= 0.6 is 0 Å². The Morgan fingerprint density at radius 2 is 2.08 bits per heavy atom. The Hall–Kier alpha value is -1.71. The van der Waals surface area contributed by atoms with Crippen molar-refractivity contribution in [2.24, 2.45) is 7.05 Å². The molecule has 0 saturated heterocycles. The molecule has 0 unspecified atom stereocenters. The maximum Gasteiger partial charge on any atom is 0.262 e. The Bertz CT molecular complexity index is 793. The van der Waals surface area contributed by atoms with E-state index in [0.717, 1.165) is 25.3 Å². The smallest absolute Gasteiger partial charge is 0.262 e. The van der Waals surface area contributed by atoms with Crippen LogP contribution < -0.4 is 0 Å². The summed E-state index contributed by atoms with van der Waals surface area (Å²) < 4.78 is 30.9. The summed E-state index contributed by atoms with van der Waals surface area (Å²) in [6.07, 6.45) is 4.79. The van der Waals surface area contributed by atoms with Gasteiger partial charge in [-0.3, -0.25) is 4.68 Å². The maximum atomic E-state index is 12.9. The molecule has 0 aromatic carbocycles. The van der Waals surface area contributed by atoms with Crippen LogP contribution in [0.5, 0.6) is 0 Å². The standard InChI is InChI=1S/C15H24N6O2S/c1-4-19(5-2)8-14-10-20(9-13-6-7-17-21(13)14)24(22,23)15-11-18(3)12-16-15/h6-7,11-12,14H,4-5,8-10H2,1-3H3/t14-/m0/s1. The Morgan fingerprint density at radius 3 is 2.71 bits per heavy atom. The van der Waals surface area contributed by atoms with Crippen molar-refractivity contribution in [3.63, 3.8) is 0 Å². The molecule has 0 amide bonds. The predicted molar refractivity (Wildman–Crippen MR) is 89.9 cm³/mol. The number of aryl methyl sites for hydroxylation is 1. The summed E-state index contributed by atoms with van der Waals surface area (Å²) in [6.45, 7) is 7.58. The van der Waals surface area contributed by atoms with Crippen LogP contribution in [0.15, 0.2) is 29.8 Å². The molecule has 0 N–H and O–H groups in total. The van der Waals surface area contributed by atoms with Gasteiger partial charge in [-0.05, 0) is 19.2 Å². The zero-order chi connectivity index (χ0) is 17.3. The summed E-state index contributed by atoms with van der Waals surface area (Å²) in [5.74, 6) is 0. The Morgan fingerprint density at radius 1 is 1.33 bits per heavy atom. The van der Waals surface area contributed by atoms with Gasteiger partial charge in [-0.15, -0.1) is 0 Å². The van der Waals surface area contributed by atoms with Crippen molar-refractivity contribution in [2.75, 3.05) is 26.2 Å². The fraction of sp³-hybridized carbons (Fsp3) is 0.600. The molecule has 0 fully saturated rings. The zero-order valence-corrected chi connectivity index (χ0v) is 15.1. The second-order valence-electron chi connectivity index (χ2n) is 6.08. The summed E-state index contributed by atoms with van der Waals surface area (Å²) in [5.41, 5.74) is 0.915. The molecule has 1 aliphatic heterocycles. The second-order valence-corrected chi connectivity index (χ2v) is 7.97. The first-order valence-electron chi connectivity index (χ1n) is 8.18. The molecule has 9 heteroatoms. The highest BCUT2D eigenvalue weighted by Crippen LogP contribution is 2.26. The zero-order valence-electron chi connectivity index (χ0n) is 14.3. The topological polar surface area (TPSA) is 76.3 Å². The number of aromatic nitrogens is 4. The third-order valence-electron chi connectivity index (χ3n) is 4.50. The Balaban J connectivity index is 1.89. The molecule has 1 atom stereocenters. The van der Waals surface area contributed by atoms with Gasteiger partial charge in [0.25, 0.3) is 10.0 Å². The van der Waals surface area contributed by atoms with Crippen molar-refractivity contribution in [2.45, 2.75) is 31.5 Å². The molecular weight excluding hydrogens is 328 g/mol. The van der Waals surface area contributed by atoms with Gasteiger partial charge >= 0.3 is 0 Å². The van der Waals surface area contributed by atoms with Gasteiger partial charge < -0.3 is 9.47 Å². The Labute approximate surface area is 142 Å². The molecule has 0 bridgehead atoms. The van der Waals surface area contributed by atoms with Crippen LogP contribution in [0.3, 0.4) is 0 Å². The lowest BCUT2D eigenvalue weighted by Crippen LogP contribution is -2.45. The van der Waals surface area contributed by atoms with Gasteiger partial charge in [0.05, 0.1) is 24.6 Å². The predicted octanol–water partition coefficient (Wildman–Crippen LogP) is 0.704. The average molecular weight is 352 g/mol. The molecular formula is C15H24N6O2S. The van der Waals surface area contributed by atoms with Crippen molar-refractivity contribution in [1.82, 2.24) is 28.5 Å². The third-order valence-corrected chi connectivity index (χ3v) is 6.20. The minimum absolute atomic E-state index is 0.00198. The van der Waals surface area contributed by atoms with E-state index in [4.69, 9.17) is 0 Å². The van der Waals surface area contributed by atoms with E-state index in [1.165, 1.54) is 10.6 Å².